The summed E-state index contributed by atoms with van der Waals surface area (Å²) in [6, 6.07) is 4.99. The molecule has 1 N–H and O–H groups in total. The molecule has 8 heteroatoms. The van der Waals surface area contributed by atoms with Crippen molar-refractivity contribution in [3.8, 4) is 5.75 Å². The lowest BCUT2D eigenvalue weighted by Gasteiger charge is -2.36. The molecule has 0 radical (unpaired) electrons. The highest BCUT2D eigenvalue weighted by Gasteiger charge is 2.34. The van der Waals surface area contributed by atoms with E-state index in [4.69, 9.17) is 4.74 Å². The van der Waals surface area contributed by atoms with Crippen LogP contribution in [0.1, 0.15) is 18.0 Å². The molecule has 24 heavy (non-hydrogen) atoms. The number of benzene rings is 1. The van der Waals surface area contributed by atoms with E-state index in [0.717, 1.165) is 19.6 Å². The molecule has 2 fully saturated rings. The average Bonchev–Trinajstić information content (AvgIpc) is 3.00. The van der Waals surface area contributed by atoms with Crippen LogP contribution in [0.4, 0.5) is 13.2 Å². The van der Waals surface area contributed by atoms with Crippen molar-refractivity contribution in [1.29, 1.82) is 0 Å². The zero-order valence-corrected chi connectivity index (χ0v) is 13.0. The number of rotatable bonds is 4. The van der Waals surface area contributed by atoms with Gasteiger partial charge in [0.25, 0.3) is 0 Å². The van der Waals surface area contributed by atoms with Crippen LogP contribution in [0.3, 0.4) is 0 Å². The van der Waals surface area contributed by atoms with E-state index in [2.05, 4.69) is 15.0 Å². The Kier molecular flexibility index (Phi) is 4.96. The first kappa shape index (κ1) is 17.0. The highest BCUT2D eigenvalue weighted by atomic mass is 19.4. The molecule has 1 amide bonds. The summed E-state index contributed by atoms with van der Waals surface area (Å²) in [5, 5.41) is 2.82. The molecule has 2 saturated heterocycles. The summed E-state index contributed by atoms with van der Waals surface area (Å²) in [5.74, 6) is -0.0471. The minimum Gasteiger partial charge on any atom is -0.406 e. The standard InChI is InChI=1S/C16H19F3N2O3/c17-16(18,19)24-13-3-1-12(2-4-13)14-15(22)20-6-7-21(14)9-11-5-8-23-10-11/h1-4,11,14H,5-10H2,(H,20,22). The average molecular weight is 344 g/mol. The highest BCUT2D eigenvalue weighted by molar-refractivity contribution is 5.84. The Hall–Kier alpha value is -1.80. The van der Waals surface area contributed by atoms with E-state index in [1.54, 1.807) is 0 Å². The van der Waals surface area contributed by atoms with Crippen LogP contribution in [0, 0.1) is 5.92 Å². The smallest absolute Gasteiger partial charge is 0.406 e. The van der Waals surface area contributed by atoms with E-state index in [0.29, 0.717) is 31.2 Å². The third-order valence-corrected chi connectivity index (χ3v) is 4.26. The fourth-order valence-corrected chi connectivity index (χ4v) is 3.18. The van der Waals surface area contributed by atoms with Crippen molar-refractivity contribution in [3.05, 3.63) is 29.8 Å². The zero-order chi connectivity index (χ0) is 17.2. The van der Waals surface area contributed by atoms with Crippen molar-refractivity contribution in [3.63, 3.8) is 0 Å². The van der Waals surface area contributed by atoms with Gasteiger partial charge in [0.2, 0.25) is 5.91 Å². The number of carbonyl (C=O) groups is 1. The minimum absolute atomic E-state index is 0.135. The van der Waals surface area contributed by atoms with Gasteiger partial charge in [-0.2, -0.15) is 0 Å². The van der Waals surface area contributed by atoms with Gasteiger partial charge in [-0.15, -0.1) is 13.2 Å². The molecule has 0 aliphatic carbocycles. The Morgan fingerprint density at radius 1 is 1.29 bits per heavy atom. The largest absolute Gasteiger partial charge is 0.573 e. The maximum absolute atomic E-state index is 12.3. The van der Waals surface area contributed by atoms with E-state index < -0.39 is 12.4 Å². The van der Waals surface area contributed by atoms with Crippen molar-refractivity contribution in [2.24, 2.45) is 5.92 Å². The van der Waals surface area contributed by atoms with E-state index in [1.165, 1.54) is 24.3 Å². The Bertz CT molecular complexity index is 571. The SMILES string of the molecule is O=C1NCCN(CC2CCOC2)C1c1ccc(OC(F)(F)F)cc1. The fourth-order valence-electron chi connectivity index (χ4n) is 3.18. The maximum atomic E-state index is 12.3. The molecule has 3 rings (SSSR count). The van der Waals surface area contributed by atoms with Gasteiger partial charge in [0, 0.05) is 26.2 Å². The van der Waals surface area contributed by atoms with Gasteiger partial charge < -0.3 is 14.8 Å². The lowest BCUT2D eigenvalue weighted by atomic mass is 9.99. The fraction of sp³-hybridized carbons (Fsp3) is 0.562. The van der Waals surface area contributed by atoms with Crippen LogP contribution in [-0.2, 0) is 9.53 Å². The number of nitrogens with one attached hydrogen (secondary N) is 1. The Labute approximate surface area is 137 Å². The lowest BCUT2D eigenvalue weighted by molar-refractivity contribution is -0.274. The van der Waals surface area contributed by atoms with Gasteiger partial charge in [-0.3, -0.25) is 9.69 Å². The van der Waals surface area contributed by atoms with Gasteiger partial charge in [0.05, 0.1) is 6.61 Å². The number of amides is 1. The van der Waals surface area contributed by atoms with Gasteiger partial charge in [-0.05, 0) is 30.0 Å². The summed E-state index contributed by atoms with van der Waals surface area (Å²) >= 11 is 0. The molecule has 0 spiro atoms. The van der Waals surface area contributed by atoms with Crippen molar-refractivity contribution in [1.82, 2.24) is 10.2 Å². The van der Waals surface area contributed by atoms with Crippen LogP contribution >= 0.6 is 0 Å². The molecule has 132 valence electrons. The molecule has 0 aromatic heterocycles. The summed E-state index contributed by atoms with van der Waals surface area (Å²) < 4.78 is 46.0. The summed E-state index contributed by atoms with van der Waals surface area (Å²) in [6.07, 6.45) is -3.76. The van der Waals surface area contributed by atoms with Crippen LogP contribution in [0.5, 0.6) is 5.75 Å². The van der Waals surface area contributed by atoms with Gasteiger partial charge >= 0.3 is 6.36 Å². The van der Waals surface area contributed by atoms with E-state index >= 15 is 0 Å². The van der Waals surface area contributed by atoms with Gasteiger partial charge in [-0.1, -0.05) is 12.1 Å². The summed E-state index contributed by atoms with van der Waals surface area (Å²) in [4.78, 5) is 14.4. The third kappa shape index (κ3) is 4.18. The predicted octanol–water partition coefficient (Wildman–Crippen LogP) is 2.09. The second-order valence-corrected chi connectivity index (χ2v) is 6.03. The van der Waals surface area contributed by atoms with E-state index in [9.17, 15) is 18.0 Å². The van der Waals surface area contributed by atoms with Gasteiger partial charge in [0.1, 0.15) is 11.8 Å². The van der Waals surface area contributed by atoms with Gasteiger partial charge in [-0.25, -0.2) is 0 Å². The summed E-state index contributed by atoms with van der Waals surface area (Å²) in [6.45, 7) is 3.42. The molecule has 2 unspecified atom stereocenters. The van der Waals surface area contributed by atoms with Crippen LogP contribution in [-0.4, -0.2) is 50.0 Å². The number of hydrogen-bond donors (Lipinski definition) is 1. The Balaban J connectivity index is 1.74. The van der Waals surface area contributed by atoms with Crippen LogP contribution in [0.15, 0.2) is 24.3 Å². The molecule has 2 aliphatic heterocycles. The first-order chi connectivity index (χ1) is 11.4. The molecular formula is C16H19F3N2O3. The normalized spacial score (nSPS) is 25.5. The third-order valence-electron chi connectivity index (χ3n) is 4.26. The topological polar surface area (TPSA) is 50.8 Å². The molecule has 1 aromatic rings. The number of carbonyl (C=O) groups excluding carboxylic acids is 1. The van der Waals surface area contributed by atoms with Crippen molar-refractivity contribution >= 4 is 5.91 Å². The zero-order valence-electron chi connectivity index (χ0n) is 13.0. The van der Waals surface area contributed by atoms with E-state index in [-0.39, 0.29) is 11.7 Å². The Morgan fingerprint density at radius 3 is 2.67 bits per heavy atom. The molecule has 1 aromatic carbocycles. The van der Waals surface area contributed by atoms with Crippen molar-refractivity contribution in [2.75, 3.05) is 32.8 Å². The summed E-state index contributed by atoms with van der Waals surface area (Å²) in [5.41, 5.74) is 0.653. The number of hydrogen-bond acceptors (Lipinski definition) is 4. The summed E-state index contributed by atoms with van der Waals surface area (Å²) in [7, 11) is 0. The molecule has 0 bridgehead atoms. The lowest BCUT2D eigenvalue weighted by Crippen LogP contribution is -2.51. The molecule has 0 saturated carbocycles. The van der Waals surface area contributed by atoms with Crippen LogP contribution in [0.2, 0.25) is 0 Å². The molecular weight excluding hydrogens is 325 g/mol. The van der Waals surface area contributed by atoms with Gasteiger partial charge in [0.15, 0.2) is 0 Å². The number of nitrogens with zero attached hydrogens (tertiary/aromatic N) is 1. The number of ether oxygens (including phenoxy) is 2. The second kappa shape index (κ2) is 6.98. The number of alkyl halides is 3. The van der Waals surface area contributed by atoms with Crippen LogP contribution in [0.25, 0.3) is 0 Å². The highest BCUT2D eigenvalue weighted by Crippen LogP contribution is 2.29. The van der Waals surface area contributed by atoms with Crippen molar-refractivity contribution in [2.45, 2.75) is 18.8 Å². The monoisotopic (exact) mass is 344 g/mol. The molecule has 2 atom stereocenters. The number of halogens is 3. The Morgan fingerprint density at radius 2 is 2.04 bits per heavy atom. The predicted molar refractivity (Wildman–Crippen MR) is 79.4 cm³/mol. The minimum atomic E-state index is -4.72. The maximum Gasteiger partial charge on any atom is 0.573 e. The first-order valence-electron chi connectivity index (χ1n) is 7.87. The molecule has 2 heterocycles. The second-order valence-electron chi connectivity index (χ2n) is 6.03. The first-order valence-corrected chi connectivity index (χ1v) is 7.87. The van der Waals surface area contributed by atoms with E-state index in [1.807, 2.05) is 0 Å². The van der Waals surface area contributed by atoms with Crippen LogP contribution < -0.4 is 10.1 Å². The quantitative estimate of drug-likeness (QED) is 0.909. The van der Waals surface area contributed by atoms with Crippen molar-refractivity contribution < 1.29 is 27.4 Å². The number of piperazine rings is 1. The molecule has 2 aliphatic rings. The molecule has 5 nitrogen and oxygen atoms in total.